The van der Waals surface area contributed by atoms with Crippen molar-refractivity contribution in [2.45, 2.75) is 45.8 Å². The van der Waals surface area contributed by atoms with E-state index in [1.54, 1.807) is 0 Å². The van der Waals surface area contributed by atoms with E-state index in [0.717, 1.165) is 23.1 Å². The highest BCUT2D eigenvalue weighted by molar-refractivity contribution is 7.20. The average molecular weight is 413 g/mol. The molecule has 1 amide bonds. The van der Waals surface area contributed by atoms with E-state index < -0.39 is 0 Å². The molecule has 1 aromatic carbocycles. The Morgan fingerprint density at radius 1 is 1.41 bits per heavy atom. The molecule has 6 nitrogen and oxygen atoms in total. The minimum Gasteiger partial charge on any atom is -0.492 e. The third kappa shape index (κ3) is 5.24. The molecular weight excluding hydrogens is 388 g/mol. The molecule has 0 aliphatic heterocycles. The van der Waals surface area contributed by atoms with Gasteiger partial charge in [0.2, 0.25) is 5.91 Å². The van der Waals surface area contributed by atoms with Gasteiger partial charge in [0.25, 0.3) is 5.19 Å². The minimum absolute atomic E-state index is 0.0318. The van der Waals surface area contributed by atoms with E-state index in [1.807, 2.05) is 26.0 Å². The number of fused-ring (bicyclic) bond motifs is 1. The fourth-order valence-corrected chi connectivity index (χ4v) is 4.28. The third-order valence-corrected chi connectivity index (χ3v) is 5.90. The SMILES string of the molecule is CCOc1nc2ccc(OCC3CC(OC[C@H](C)NC(C)=O)C3)c(Cl)c2s1. The normalized spacial score (nSPS) is 20.1. The van der Waals surface area contributed by atoms with Crippen molar-refractivity contribution in [2.24, 2.45) is 5.92 Å². The first-order valence-electron chi connectivity index (χ1n) is 9.19. The van der Waals surface area contributed by atoms with E-state index in [9.17, 15) is 4.79 Å². The van der Waals surface area contributed by atoms with Gasteiger partial charge < -0.3 is 19.5 Å². The summed E-state index contributed by atoms with van der Waals surface area (Å²) in [6.07, 6.45) is 2.16. The molecule has 148 valence electrons. The molecule has 1 heterocycles. The highest BCUT2D eigenvalue weighted by atomic mass is 35.5. The van der Waals surface area contributed by atoms with E-state index >= 15 is 0 Å². The number of nitrogens with one attached hydrogen (secondary N) is 1. The maximum atomic E-state index is 11.0. The standard InChI is InChI=1S/C19H25ClN2O4S/c1-4-24-19-22-15-5-6-16(17(20)18(15)27-19)26-10-13-7-14(8-13)25-9-11(2)21-12(3)23/h5-6,11,13-14H,4,7-10H2,1-3H3,(H,21,23)/t11-,13?,14?/m0/s1. The van der Waals surface area contributed by atoms with Crippen molar-refractivity contribution >= 4 is 39.1 Å². The van der Waals surface area contributed by atoms with Crippen molar-refractivity contribution in [1.29, 1.82) is 0 Å². The molecule has 8 heteroatoms. The van der Waals surface area contributed by atoms with Gasteiger partial charge in [-0.15, -0.1) is 0 Å². The summed E-state index contributed by atoms with van der Waals surface area (Å²) in [4.78, 5) is 15.4. The lowest BCUT2D eigenvalue weighted by Gasteiger charge is -2.35. The lowest BCUT2D eigenvalue weighted by atomic mass is 9.83. The molecule has 2 aromatic rings. The van der Waals surface area contributed by atoms with E-state index in [1.165, 1.54) is 18.3 Å². The third-order valence-electron chi connectivity index (χ3n) is 4.41. The fourth-order valence-electron chi connectivity index (χ4n) is 3.04. The van der Waals surface area contributed by atoms with Crippen LogP contribution in [0.15, 0.2) is 12.1 Å². The zero-order chi connectivity index (χ0) is 19.4. The summed E-state index contributed by atoms with van der Waals surface area (Å²) in [6, 6.07) is 3.80. The van der Waals surface area contributed by atoms with Gasteiger partial charge in [-0.25, -0.2) is 4.98 Å². The van der Waals surface area contributed by atoms with Crippen molar-refractivity contribution in [3.05, 3.63) is 17.2 Å². The fraction of sp³-hybridized carbons (Fsp3) is 0.579. The number of benzene rings is 1. The number of aromatic nitrogens is 1. The maximum absolute atomic E-state index is 11.0. The molecule has 1 N–H and O–H groups in total. The molecule has 1 atom stereocenters. The maximum Gasteiger partial charge on any atom is 0.274 e. The van der Waals surface area contributed by atoms with Crippen LogP contribution < -0.4 is 14.8 Å². The first-order chi connectivity index (χ1) is 13.0. The molecule has 1 fully saturated rings. The number of halogens is 1. The summed E-state index contributed by atoms with van der Waals surface area (Å²) >= 11 is 7.92. The summed E-state index contributed by atoms with van der Waals surface area (Å²) in [5, 5.41) is 4.03. The minimum atomic E-state index is -0.0332. The van der Waals surface area contributed by atoms with E-state index in [0.29, 0.717) is 41.7 Å². The van der Waals surface area contributed by atoms with Gasteiger partial charge in [-0.3, -0.25) is 4.79 Å². The smallest absolute Gasteiger partial charge is 0.274 e. The van der Waals surface area contributed by atoms with Crippen LogP contribution in [0.1, 0.15) is 33.6 Å². The second-order valence-corrected chi connectivity index (χ2v) is 8.18. The number of ether oxygens (including phenoxy) is 3. The van der Waals surface area contributed by atoms with E-state index in [-0.39, 0.29) is 18.1 Å². The Hall–Kier alpha value is -1.57. The summed E-state index contributed by atoms with van der Waals surface area (Å²) in [6.45, 7) is 7.11. The molecule has 1 aliphatic carbocycles. The van der Waals surface area contributed by atoms with E-state index in [2.05, 4.69) is 10.3 Å². The Morgan fingerprint density at radius 3 is 2.89 bits per heavy atom. The van der Waals surface area contributed by atoms with Crippen molar-refractivity contribution in [3.8, 4) is 10.9 Å². The van der Waals surface area contributed by atoms with Crippen LogP contribution in [0.25, 0.3) is 10.2 Å². The Morgan fingerprint density at radius 2 is 2.19 bits per heavy atom. The first kappa shape index (κ1) is 20.2. The zero-order valence-corrected chi connectivity index (χ0v) is 17.4. The monoisotopic (exact) mass is 412 g/mol. The predicted molar refractivity (Wildman–Crippen MR) is 107 cm³/mol. The number of hydrogen-bond donors (Lipinski definition) is 1. The molecule has 0 unspecified atom stereocenters. The second kappa shape index (κ2) is 9.08. The van der Waals surface area contributed by atoms with Gasteiger partial charge in [-0.2, -0.15) is 0 Å². The summed E-state index contributed by atoms with van der Waals surface area (Å²) in [7, 11) is 0. The summed E-state index contributed by atoms with van der Waals surface area (Å²) in [5.74, 6) is 1.10. The second-order valence-electron chi connectivity index (χ2n) is 6.84. The molecule has 1 aromatic heterocycles. The lowest BCUT2D eigenvalue weighted by molar-refractivity contribution is -0.120. The zero-order valence-electron chi connectivity index (χ0n) is 15.8. The Labute approximate surface area is 168 Å². The molecular formula is C19H25ClN2O4S. The van der Waals surface area contributed by atoms with Gasteiger partial charge in [0.05, 0.1) is 36.1 Å². The van der Waals surface area contributed by atoms with Crippen LogP contribution in [0.3, 0.4) is 0 Å². The van der Waals surface area contributed by atoms with Crippen molar-refractivity contribution in [1.82, 2.24) is 10.3 Å². The molecule has 1 aliphatic rings. The largest absolute Gasteiger partial charge is 0.492 e. The van der Waals surface area contributed by atoms with Crippen molar-refractivity contribution in [2.75, 3.05) is 19.8 Å². The average Bonchev–Trinajstić information content (AvgIpc) is 2.98. The molecule has 0 bridgehead atoms. The van der Waals surface area contributed by atoms with E-state index in [4.69, 9.17) is 25.8 Å². The van der Waals surface area contributed by atoms with Crippen LogP contribution in [0.4, 0.5) is 0 Å². The number of carbonyl (C=O) groups excluding carboxylic acids is 1. The number of hydrogen-bond acceptors (Lipinski definition) is 6. The van der Waals surface area contributed by atoms with Gasteiger partial charge in [-0.05, 0) is 44.7 Å². The number of carbonyl (C=O) groups is 1. The first-order valence-corrected chi connectivity index (χ1v) is 10.4. The topological polar surface area (TPSA) is 69.7 Å². The van der Waals surface area contributed by atoms with Gasteiger partial charge in [0, 0.05) is 13.0 Å². The molecule has 3 rings (SSSR count). The van der Waals surface area contributed by atoms with Gasteiger partial charge in [0.1, 0.15) is 10.8 Å². The highest BCUT2D eigenvalue weighted by Crippen LogP contribution is 2.39. The Kier molecular flexibility index (Phi) is 6.78. The van der Waals surface area contributed by atoms with Gasteiger partial charge in [0.15, 0.2) is 0 Å². The molecule has 1 saturated carbocycles. The van der Waals surface area contributed by atoms with Gasteiger partial charge >= 0.3 is 0 Å². The highest BCUT2D eigenvalue weighted by Gasteiger charge is 2.31. The van der Waals surface area contributed by atoms with Gasteiger partial charge in [-0.1, -0.05) is 22.9 Å². The van der Waals surface area contributed by atoms with Crippen LogP contribution in [0.2, 0.25) is 5.02 Å². The molecule has 27 heavy (non-hydrogen) atoms. The van der Waals surface area contributed by atoms with Crippen LogP contribution in [0.5, 0.6) is 10.9 Å². The van der Waals surface area contributed by atoms with Crippen LogP contribution in [0, 0.1) is 5.92 Å². The molecule has 0 spiro atoms. The van der Waals surface area contributed by atoms with Crippen LogP contribution in [-0.4, -0.2) is 42.9 Å². The predicted octanol–water partition coefficient (Wildman–Crippen LogP) is 4.05. The quantitative estimate of drug-likeness (QED) is 0.672. The molecule has 0 saturated heterocycles. The summed E-state index contributed by atoms with van der Waals surface area (Å²) < 4.78 is 18.1. The van der Waals surface area contributed by atoms with Crippen LogP contribution in [-0.2, 0) is 9.53 Å². The molecule has 0 radical (unpaired) electrons. The number of thiazole rings is 1. The Bertz CT molecular complexity index is 791. The van der Waals surface area contributed by atoms with Crippen LogP contribution >= 0.6 is 22.9 Å². The number of rotatable bonds is 9. The Balaban J connectivity index is 1.45. The van der Waals surface area contributed by atoms with Crippen molar-refractivity contribution in [3.63, 3.8) is 0 Å². The number of amides is 1. The summed E-state index contributed by atoms with van der Waals surface area (Å²) in [5.41, 5.74) is 0.825. The lowest BCUT2D eigenvalue weighted by Crippen LogP contribution is -2.40. The van der Waals surface area contributed by atoms with Crippen molar-refractivity contribution < 1.29 is 19.0 Å². The number of nitrogens with zero attached hydrogens (tertiary/aromatic N) is 1.